The van der Waals surface area contributed by atoms with Gasteiger partial charge in [0.25, 0.3) is 0 Å². The van der Waals surface area contributed by atoms with Crippen molar-refractivity contribution in [3.8, 4) is 0 Å². The molecule has 0 aliphatic carbocycles. The minimum atomic E-state index is 0. The number of rotatable bonds is 33. The van der Waals surface area contributed by atoms with Gasteiger partial charge in [-0.3, -0.25) is 0 Å². The number of halogens is 1. The second kappa shape index (κ2) is 38.6. The summed E-state index contributed by atoms with van der Waals surface area (Å²) in [5.41, 5.74) is 0. The molecule has 0 heterocycles. The summed E-state index contributed by atoms with van der Waals surface area (Å²) in [5, 5.41) is 2.59. The van der Waals surface area contributed by atoms with Gasteiger partial charge in [-0.2, -0.15) is 0 Å². The third-order valence-corrected chi connectivity index (χ3v) is 8.27. The van der Waals surface area contributed by atoms with E-state index in [1.54, 1.807) is 0 Å². The van der Waals surface area contributed by atoms with Crippen LogP contribution in [0.4, 0.5) is 0 Å². The molecule has 226 valence electrons. The number of hydrogen-bond acceptors (Lipinski definition) is 0. The highest BCUT2D eigenvalue weighted by Gasteiger charge is 1.97. The largest absolute Gasteiger partial charge is 1.00 e. The molecule has 0 spiro atoms. The smallest absolute Gasteiger partial charge is 0.0755 e. The predicted octanol–water partition coefficient (Wildman–Crippen LogP) is 8.69. The monoisotopic (exact) mass is 588 g/mol. The van der Waals surface area contributed by atoms with E-state index < -0.39 is 0 Å². The van der Waals surface area contributed by atoms with Crippen LogP contribution in [0.3, 0.4) is 0 Å². The average Bonchev–Trinajstić information content (AvgIpc) is 2.89. The van der Waals surface area contributed by atoms with Crippen molar-refractivity contribution >= 4 is 0 Å². The standard InChI is InChI=1S/C35H73N.BrH/c1-3-5-7-9-11-13-15-17-19-21-23-25-27-29-31-33-35-36-34-32-30-28-26-24-22-20-18-16-14-12-10-8-6-4-2;/h36H,3-35H2,1-2H3;1H. The van der Waals surface area contributed by atoms with Crippen LogP contribution in [0.2, 0.25) is 0 Å². The lowest BCUT2D eigenvalue weighted by atomic mass is 10.0. The molecule has 0 bridgehead atoms. The van der Waals surface area contributed by atoms with Crippen LogP contribution in [-0.2, 0) is 0 Å². The molecule has 0 aromatic rings. The lowest BCUT2D eigenvalue weighted by Crippen LogP contribution is -3.00. The molecule has 0 saturated heterocycles. The molecular formula is C35H74BrN. The second-order valence-electron chi connectivity index (χ2n) is 12.1. The predicted molar refractivity (Wildman–Crippen MR) is 166 cm³/mol. The first-order chi connectivity index (χ1) is 17.9. The maximum atomic E-state index is 2.59. The van der Waals surface area contributed by atoms with Crippen molar-refractivity contribution in [1.29, 1.82) is 0 Å². The fourth-order valence-electron chi connectivity index (χ4n) is 5.64. The molecule has 0 aliphatic rings. The highest BCUT2D eigenvalue weighted by Crippen LogP contribution is 2.14. The maximum absolute atomic E-state index is 2.59. The first-order valence-electron chi connectivity index (χ1n) is 17.7. The highest BCUT2D eigenvalue weighted by molar-refractivity contribution is 4.51. The molecule has 0 rings (SSSR count). The number of quaternary nitrogens is 1. The Morgan fingerprint density at radius 3 is 0.595 bits per heavy atom. The van der Waals surface area contributed by atoms with Crippen molar-refractivity contribution in [3.05, 3.63) is 0 Å². The highest BCUT2D eigenvalue weighted by atomic mass is 79.9. The molecule has 0 aromatic carbocycles. The van der Waals surface area contributed by atoms with Crippen molar-refractivity contribution in [3.63, 3.8) is 0 Å². The Kier molecular flexibility index (Phi) is 41.3. The Hall–Kier alpha value is 0.440. The van der Waals surface area contributed by atoms with Gasteiger partial charge < -0.3 is 22.3 Å². The van der Waals surface area contributed by atoms with Crippen LogP contribution < -0.4 is 22.3 Å². The Morgan fingerprint density at radius 1 is 0.243 bits per heavy atom. The molecule has 2 heteroatoms. The normalized spacial score (nSPS) is 11.2. The summed E-state index contributed by atoms with van der Waals surface area (Å²) >= 11 is 0. The zero-order chi connectivity index (χ0) is 26.0. The van der Waals surface area contributed by atoms with E-state index in [0.717, 1.165) is 0 Å². The molecule has 0 atom stereocenters. The topological polar surface area (TPSA) is 16.6 Å². The van der Waals surface area contributed by atoms with Gasteiger partial charge in [0.2, 0.25) is 0 Å². The van der Waals surface area contributed by atoms with Gasteiger partial charge in [-0.05, 0) is 25.7 Å². The van der Waals surface area contributed by atoms with Gasteiger partial charge in [0.15, 0.2) is 0 Å². The van der Waals surface area contributed by atoms with Gasteiger partial charge in [-0.15, -0.1) is 0 Å². The van der Waals surface area contributed by atoms with Crippen LogP contribution in [0, 0.1) is 0 Å². The molecular weight excluding hydrogens is 514 g/mol. The van der Waals surface area contributed by atoms with E-state index in [4.69, 9.17) is 0 Å². The quantitative estimate of drug-likeness (QED) is 0.0739. The number of unbranched alkanes of at least 4 members (excludes halogenated alkanes) is 29. The van der Waals surface area contributed by atoms with E-state index in [9.17, 15) is 0 Å². The summed E-state index contributed by atoms with van der Waals surface area (Å²) in [5.74, 6) is 0. The molecule has 0 radical (unpaired) electrons. The summed E-state index contributed by atoms with van der Waals surface area (Å²) in [6.45, 7) is 7.36. The van der Waals surface area contributed by atoms with E-state index in [1.807, 2.05) is 0 Å². The number of hydrogen-bond donors (Lipinski definition) is 1. The van der Waals surface area contributed by atoms with E-state index in [-0.39, 0.29) is 17.0 Å². The van der Waals surface area contributed by atoms with Gasteiger partial charge in [0.05, 0.1) is 13.1 Å². The SMILES string of the molecule is CCCCCCCCCCCCCCCCCC[NH2+]CCCCCCCCCCCCCCCCC.[Br-]. The second-order valence-corrected chi connectivity index (χ2v) is 12.1. The van der Waals surface area contributed by atoms with Gasteiger partial charge in [-0.1, -0.05) is 187 Å². The number of nitrogens with two attached hydrogens (primary N) is 1. The van der Waals surface area contributed by atoms with Gasteiger partial charge in [0, 0.05) is 0 Å². The van der Waals surface area contributed by atoms with Crippen LogP contribution in [-0.4, -0.2) is 13.1 Å². The summed E-state index contributed by atoms with van der Waals surface area (Å²) in [6.07, 6.45) is 45.6. The molecule has 0 fully saturated rings. The lowest BCUT2D eigenvalue weighted by Gasteiger charge is -2.04. The summed E-state index contributed by atoms with van der Waals surface area (Å²) < 4.78 is 0. The minimum absolute atomic E-state index is 0. The lowest BCUT2D eigenvalue weighted by molar-refractivity contribution is -0.655. The van der Waals surface area contributed by atoms with Gasteiger partial charge in [0.1, 0.15) is 0 Å². The fourth-order valence-corrected chi connectivity index (χ4v) is 5.64. The van der Waals surface area contributed by atoms with E-state index in [2.05, 4.69) is 19.2 Å². The Bertz CT molecular complexity index is 325. The Morgan fingerprint density at radius 2 is 0.405 bits per heavy atom. The van der Waals surface area contributed by atoms with Crippen molar-refractivity contribution in [2.24, 2.45) is 0 Å². The van der Waals surface area contributed by atoms with Crippen LogP contribution in [0.15, 0.2) is 0 Å². The average molecular weight is 589 g/mol. The van der Waals surface area contributed by atoms with Crippen LogP contribution >= 0.6 is 0 Å². The van der Waals surface area contributed by atoms with Crippen LogP contribution in [0.1, 0.15) is 213 Å². The molecule has 0 unspecified atom stereocenters. The van der Waals surface area contributed by atoms with Crippen molar-refractivity contribution in [2.75, 3.05) is 13.1 Å². The van der Waals surface area contributed by atoms with Crippen molar-refractivity contribution in [2.45, 2.75) is 213 Å². The molecule has 0 aromatic heterocycles. The third-order valence-electron chi connectivity index (χ3n) is 8.27. The zero-order valence-corrected chi connectivity index (χ0v) is 27.9. The first-order valence-corrected chi connectivity index (χ1v) is 17.7. The molecule has 1 nitrogen and oxygen atoms in total. The maximum Gasteiger partial charge on any atom is 0.0755 e. The fraction of sp³-hybridized carbons (Fsp3) is 1.00. The van der Waals surface area contributed by atoms with E-state index >= 15 is 0 Å². The van der Waals surface area contributed by atoms with Gasteiger partial charge >= 0.3 is 0 Å². The Balaban J connectivity index is 0. The van der Waals surface area contributed by atoms with Crippen LogP contribution in [0.5, 0.6) is 0 Å². The zero-order valence-electron chi connectivity index (χ0n) is 26.3. The molecule has 0 saturated carbocycles. The van der Waals surface area contributed by atoms with Crippen molar-refractivity contribution < 1.29 is 22.3 Å². The van der Waals surface area contributed by atoms with E-state index in [1.165, 1.54) is 212 Å². The van der Waals surface area contributed by atoms with Crippen molar-refractivity contribution in [1.82, 2.24) is 0 Å². The first kappa shape index (κ1) is 39.6. The summed E-state index contributed by atoms with van der Waals surface area (Å²) in [7, 11) is 0. The van der Waals surface area contributed by atoms with E-state index in [0.29, 0.717) is 0 Å². The van der Waals surface area contributed by atoms with Gasteiger partial charge in [-0.25, -0.2) is 0 Å². The third kappa shape index (κ3) is 38.7. The molecule has 37 heavy (non-hydrogen) atoms. The summed E-state index contributed by atoms with van der Waals surface area (Å²) in [4.78, 5) is 0. The summed E-state index contributed by atoms with van der Waals surface area (Å²) in [6, 6.07) is 0. The minimum Gasteiger partial charge on any atom is -1.00 e. The Labute approximate surface area is 247 Å². The molecule has 0 aliphatic heterocycles. The van der Waals surface area contributed by atoms with Crippen LogP contribution in [0.25, 0.3) is 0 Å². The molecule has 0 amide bonds. The molecule has 2 N–H and O–H groups in total.